The molecule has 1 heterocycles. The molecule has 13 heavy (non-hydrogen) atoms. The van der Waals surface area contributed by atoms with E-state index in [0.717, 1.165) is 10.4 Å². The SMILES string of the molecule is Cc1ccc(F)c(-n2ncnn2)c1. The van der Waals surface area contributed by atoms with Crippen LogP contribution in [0.1, 0.15) is 5.56 Å². The van der Waals surface area contributed by atoms with Crippen molar-refractivity contribution in [1.29, 1.82) is 0 Å². The summed E-state index contributed by atoms with van der Waals surface area (Å²) in [5.41, 5.74) is 1.27. The summed E-state index contributed by atoms with van der Waals surface area (Å²) in [7, 11) is 0. The first kappa shape index (κ1) is 7.85. The Morgan fingerprint density at radius 2 is 2.23 bits per heavy atom. The molecule has 0 fully saturated rings. The normalized spacial score (nSPS) is 10.3. The number of rotatable bonds is 1. The van der Waals surface area contributed by atoms with Gasteiger partial charge in [-0.1, -0.05) is 6.07 Å². The zero-order valence-corrected chi connectivity index (χ0v) is 6.98. The molecule has 1 aromatic heterocycles. The van der Waals surface area contributed by atoms with Crippen molar-refractivity contribution in [2.24, 2.45) is 0 Å². The Balaban J connectivity index is 2.57. The average molecular weight is 178 g/mol. The van der Waals surface area contributed by atoms with Gasteiger partial charge in [-0.05, 0) is 29.8 Å². The summed E-state index contributed by atoms with van der Waals surface area (Å²) < 4.78 is 13.2. The third-order valence-electron chi connectivity index (χ3n) is 1.67. The first-order valence-corrected chi connectivity index (χ1v) is 3.77. The Kier molecular flexibility index (Phi) is 1.77. The molecule has 0 aliphatic rings. The lowest BCUT2D eigenvalue weighted by Gasteiger charge is -2.00. The van der Waals surface area contributed by atoms with E-state index in [1.54, 1.807) is 12.1 Å². The van der Waals surface area contributed by atoms with E-state index in [9.17, 15) is 4.39 Å². The molecule has 0 aliphatic heterocycles. The first-order chi connectivity index (χ1) is 6.27. The Morgan fingerprint density at radius 3 is 2.92 bits per heavy atom. The van der Waals surface area contributed by atoms with Crippen LogP contribution >= 0.6 is 0 Å². The summed E-state index contributed by atoms with van der Waals surface area (Å²) in [6.45, 7) is 1.87. The second kappa shape index (κ2) is 2.93. The fourth-order valence-corrected chi connectivity index (χ4v) is 1.05. The van der Waals surface area contributed by atoms with E-state index in [0.29, 0.717) is 5.69 Å². The molecule has 0 aliphatic carbocycles. The van der Waals surface area contributed by atoms with E-state index in [-0.39, 0.29) is 5.82 Å². The quantitative estimate of drug-likeness (QED) is 0.657. The molecule has 5 heteroatoms. The van der Waals surface area contributed by atoms with Crippen molar-refractivity contribution in [3.8, 4) is 5.69 Å². The van der Waals surface area contributed by atoms with Crippen LogP contribution in [0.2, 0.25) is 0 Å². The number of nitrogens with zero attached hydrogens (tertiary/aromatic N) is 4. The van der Waals surface area contributed by atoms with E-state index >= 15 is 0 Å². The topological polar surface area (TPSA) is 43.6 Å². The van der Waals surface area contributed by atoms with E-state index < -0.39 is 0 Å². The Hall–Kier alpha value is -1.78. The van der Waals surface area contributed by atoms with Crippen molar-refractivity contribution in [3.63, 3.8) is 0 Å². The van der Waals surface area contributed by atoms with Crippen LogP contribution in [-0.4, -0.2) is 20.2 Å². The lowest BCUT2D eigenvalue weighted by atomic mass is 10.2. The minimum absolute atomic E-state index is 0.317. The minimum atomic E-state index is -0.358. The van der Waals surface area contributed by atoms with Gasteiger partial charge in [0.2, 0.25) is 0 Å². The predicted octanol–water partition coefficient (Wildman–Crippen LogP) is 1.11. The monoisotopic (exact) mass is 178 g/mol. The first-order valence-electron chi connectivity index (χ1n) is 3.77. The van der Waals surface area contributed by atoms with Gasteiger partial charge in [0.1, 0.15) is 5.69 Å². The molecule has 2 rings (SSSR count). The van der Waals surface area contributed by atoms with Gasteiger partial charge in [0.05, 0.1) is 0 Å². The summed E-state index contributed by atoms with van der Waals surface area (Å²) in [5, 5.41) is 10.9. The second-order valence-electron chi connectivity index (χ2n) is 2.68. The molecule has 0 unspecified atom stereocenters. The summed E-state index contributed by atoms with van der Waals surface area (Å²) in [6, 6.07) is 4.74. The number of hydrogen-bond donors (Lipinski definition) is 0. The number of halogens is 1. The van der Waals surface area contributed by atoms with Crippen LogP contribution in [0.15, 0.2) is 24.5 Å². The molecular formula is C8H7FN4. The molecule has 1 aromatic carbocycles. The zero-order chi connectivity index (χ0) is 9.26. The van der Waals surface area contributed by atoms with Gasteiger partial charge in [-0.15, -0.1) is 15.0 Å². The van der Waals surface area contributed by atoms with Gasteiger partial charge in [0.25, 0.3) is 0 Å². The number of tetrazole rings is 1. The van der Waals surface area contributed by atoms with Crippen molar-refractivity contribution in [1.82, 2.24) is 20.2 Å². The fraction of sp³-hybridized carbons (Fsp3) is 0.125. The predicted molar refractivity (Wildman–Crippen MR) is 43.8 cm³/mol. The second-order valence-corrected chi connectivity index (χ2v) is 2.68. The zero-order valence-electron chi connectivity index (χ0n) is 6.98. The van der Waals surface area contributed by atoms with Gasteiger partial charge < -0.3 is 0 Å². The van der Waals surface area contributed by atoms with Crippen LogP contribution in [0.4, 0.5) is 4.39 Å². The summed E-state index contributed by atoms with van der Waals surface area (Å²) in [6.07, 6.45) is 1.27. The highest BCUT2D eigenvalue weighted by atomic mass is 19.1. The molecular weight excluding hydrogens is 171 g/mol. The smallest absolute Gasteiger partial charge is 0.162 e. The highest BCUT2D eigenvalue weighted by Crippen LogP contribution is 2.12. The van der Waals surface area contributed by atoms with Gasteiger partial charge in [-0.25, -0.2) is 4.39 Å². The number of benzene rings is 1. The van der Waals surface area contributed by atoms with Crippen molar-refractivity contribution >= 4 is 0 Å². The maximum absolute atomic E-state index is 13.2. The minimum Gasteiger partial charge on any atom is -0.205 e. The van der Waals surface area contributed by atoms with E-state index in [1.807, 2.05) is 6.92 Å². The molecule has 2 aromatic rings. The molecule has 0 radical (unpaired) electrons. The standard InChI is InChI=1S/C8H7FN4/c1-6-2-3-7(9)8(4-6)13-11-5-10-12-13/h2-5H,1H3. The van der Waals surface area contributed by atoms with E-state index in [1.165, 1.54) is 12.4 Å². The van der Waals surface area contributed by atoms with Crippen LogP contribution in [0.5, 0.6) is 0 Å². The van der Waals surface area contributed by atoms with Crippen molar-refractivity contribution in [2.75, 3.05) is 0 Å². The van der Waals surface area contributed by atoms with Gasteiger partial charge in [-0.2, -0.15) is 0 Å². The molecule has 4 nitrogen and oxygen atoms in total. The van der Waals surface area contributed by atoms with Crippen LogP contribution in [-0.2, 0) is 0 Å². The summed E-state index contributed by atoms with van der Waals surface area (Å²) in [5.74, 6) is -0.358. The molecule has 0 spiro atoms. The van der Waals surface area contributed by atoms with Crippen LogP contribution in [0, 0.1) is 12.7 Å². The highest BCUT2D eigenvalue weighted by molar-refractivity contribution is 5.34. The Morgan fingerprint density at radius 1 is 1.38 bits per heavy atom. The lowest BCUT2D eigenvalue weighted by Crippen LogP contribution is -2.02. The summed E-state index contributed by atoms with van der Waals surface area (Å²) >= 11 is 0. The van der Waals surface area contributed by atoms with Gasteiger partial charge >= 0.3 is 0 Å². The molecule has 0 saturated carbocycles. The molecule has 0 saturated heterocycles. The molecule has 0 amide bonds. The lowest BCUT2D eigenvalue weighted by molar-refractivity contribution is 0.591. The number of aryl methyl sites for hydroxylation is 1. The number of aromatic nitrogens is 4. The van der Waals surface area contributed by atoms with Crippen LogP contribution in [0.3, 0.4) is 0 Å². The number of hydrogen-bond acceptors (Lipinski definition) is 3. The van der Waals surface area contributed by atoms with Crippen molar-refractivity contribution in [2.45, 2.75) is 6.92 Å². The average Bonchev–Trinajstić information content (AvgIpc) is 2.61. The Bertz CT molecular complexity index is 410. The molecule has 66 valence electrons. The Labute approximate surface area is 74.0 Å². The van der Waals surface area contributed by atoms with Gasteiger partial charge in [0.15, 0.2) is 12.1 Å². The highest BCUT2D eigenvalue weighted by Gasteiger charge is 2.05. The van der Waals surface area contributed by atoms with Crippen LogP contribution < -0.4 is 0 Å². The van der Waals surface area contributed by atoms with Crippen molar-refractivity contribution in [3.05, 3.63) is 35.9 Å². The van der Waals surface area contributed by atoms with Crippen LogP contribution in [0.25, 0.3) is 5.69 Å². The van der Waals surface area contributed by atoms with Gasteiger partial charge in [0, 0.05) is 0 Å². The van der Waals surface area contributed by atoms with E-state index in [2.05, 4.69) is 15.4 Å². The maximum Gasteiger partial charge on any atom is 0.162 e. The fourth-order valence-electron chi connectivity index (χ4n) is 1.05. The maximum atomic E-state index is 13.2. The molecule has 0 N–H and O–H groups in total. The third-order valence-corrected chi connectivity index (χ3v) is 1.67. The molecule has 0 atom stereocenters. The third kappa shape index (κ3) is 1.40. The largest absolute Gasteiger partial charge is 0.205 e. The van der Waals surface area contributed by atoms with Gasteiger partial charge in [-0.3, -0.25) is 0 Å². The molecule has 0 bridgehead atoms. The van der Waals surface area contributed by atoms with E-state index in [4.69, 9.17) is 0 Å². The van der Waals surface area contributed by atoms with Crippen molar-refractivity contribution < 1.29 is 4.39 Å². The summed E-state index contributed by atoms with van der Waals surface area (Å²) in [4.78, 5) is 1.16.